The molecule has 1 fully saturated rings. The number of halogens is 2. The average molecular weight is 522 g/mol. The number of nitrogen functional groups attached to an aromatic ring is 1. The second-order valence-corrected chi connectivity index (χ2v) is 8.70. The molecule has 1 amide bonds. The van der Waals surface area contributed by atoms with Crippen LogP contribution in [0.25, 0.3) is 5.57 Å². The Bertz CT molecular complexity index is 1090. The van der Waals surface area contributed by atoms with E-state index < -0.39 is 0 Å². The predicted molar refractivity (Wildman–Crippen MR) is 135 cm³/mol. The van der Waals surface area contributed by atoms with Gasteiger partial charge in [-0.15, -0.1) is 11.6 Å². The largest absolute Gasteiger partial charge is 0.482 e. The molecule has 3 rings (SSSR count). The highest BCUT2D eigenvalue weighted by molar-refractivity contribution is 7.99. The number of allylic oxidation sites excluding steroid dienone is 5. The fraction of sp³-hybridized carbons (Fsp3) is 0.273. The van der Waals surface area contributed by atoms with Gasteiger partial charge in [-0.2, -0.15) is 9.97 Å². The van der Waals surface area contributed by atoms with Crippen LogP contribution in [-0.4, -0.2) is 64.5 Å². The SMILES string of the molecule is C=C/C(Cl)=C(\C=C(/CCl)OCN)c1nc(N)nc(Sc2ccc(C(=O)N3CCNCC3)cc2)n1. The van der Waals surface area contributed by atoms with Crippen LogP contribution in [0, 0.1) is 0 Å². The highest BCUT2D eigenvalue weighted by Crippen LogP contribution is 2.29. The predicted octanol–water partition coefficient (Wildman–Crippen LogP) is 2.84. The zero-order chi connectivity index (χ0) is 24.5. The van der Waals surface area contributed by atoms with Gasteiger partial charge < -0.3 is 20.7 Å². The molecule has 0 unspecified atom stereocenters. The number of alkyl halides is 1. The van der Waals surface area contributed by atoms with Gasteiger partial charge in [-0.3, -0.25) is 10.5 Å². The molecule has 12 heteroatoms. The number of anilines is 1. The molecule has 1 aromatic heterocycles. The zero-order valence-corrected chi connectivity index (χ0v) is 20.7. The third kappa shape index (κ3) is 6.94. The molecule has 0 atom stereocenters. The summed E-state index contributed by atoms with van der Waals surface area (Å²) in [4.78, 5) is 28.2. The van der Waals surface area contributed by atoms with E-state index in [1.165, 1.54) is 17.8 Å². The van der Waals surface area contributed by atoms with Gasteiger partial charge in [0.15, 0.2) is 11.0 Å². The summed E-state index contributed by atoms with van der Waals surface area (Å²) in [5.74, 6) is 0.721. The quantitative estimate of drug-likeness (QED) is 0.197. The molecular weight excluding hydrogens is 497 g/mol. The molecule has 0 saturated carbocycles. The number of carbonyl (C=O) groups excluding carboxylic acids is 1. The number of hydrogen-bond donors (Lipinski definition) is 3. The van der Waals surface area contributed by atoms with E-state index in [0.29, 0.717) is 35.1 Å². The van der Waals surface area contributed by atoms with E-state index >= 15 is 0 Å². The standard InChI is InChI=1S/C22H25Cl2N7O2S/c1-2-18(24)17(11-15(12-23)33-13-25)19-28-21(26)30-22(29-19)34-16-5-3-14(4-6-16)20(32)31-9-7-27-8-10-31/h2-6,11,27H,1,7-10,12-13,25H2,(H2,26,28,29,30)/b15-11+,18-17-. The van der Waals surface area contributed by atoms with Gasteiger partial charge >= 0.3 is 0 Å². The highest BCUT2D eigenvalue weighted by atomic mass is 35.5. The molecule has 0 aliphatic carbocycles. The first-order valence-corrected chi connectivity index (χ1v) is 12.1. The van der Waals surface area contributed by atoms with Crippen molar-refractivity contribution in [3.05, 3.63) is 65.2 Å². The summed E-state index contributed by atoms with van der Waals surface area (Å²) in [6, 6.07) is 7.26. The number of aromatic nitrogens is 3. The van der Waals surface area contributed by atoms with E-state index in [0.717, 1.165) is 18.0 Å². The minimum Gasteiger partial charge on any atom is -0.482 e. The fourth-order valence-corrected chi connectivity index (χ4v) is 4.14. The van der Waals surface area contributed by atoms with Crippen LogP contribution >= 0.6 is 35.0 Å². The molecule has 1 aromatic carbocycles. The Balaban J connectivity index is 1.84. The third-order valence-corrected chi connectivity index (χ3v) is 6.22. The lowest BCUT2D eigenvalue weighted by atomic mass is 10.2. The number of nitrogens with one attached hydrogen (secondary N) is 1. The molecule has 1 aliphatic heterocycles. The molecule has 0 radical (unpaired) electrons. The molecule has 0 spiro atoms. The summed E-state index contributed by atoms with van der Waals surface area (Å²) in [5, 5.41) is 3.87. The fourth-order valence-electron chi connectivity index (χ4n) is 3.10. The lowest BCUT2D eigenvalue weighted by Crippen LogP contribution is -2.46. The van der Waals surface area contributed by atoms with Crippen molar-refractivity contribution in [1.82, 2.24) is 25.2 Å². The summed E-state index contributed by atoms with van der Waals surface area (Å²) in [6.07, 6.45) is 3.03. The van der Waals surface area contributed by atoms with Crippen LogP contribution in [0.5, 0.6) is 0 Å². The highest BCUT2D eigenvalue weighted by Gasteiger charge is 2.18. The Labute approximate surface area is 212 Å². The summed E-state index contributed by atoms with van der Waals surface area (Å²) in [6.45, 7) is 6.64. The molecule has 1 saturated heterocycles. The lowest BCUT2D eigenvalue weighted by molar-refractivity contribution is 0.0735. The van der Waals surface area contributed by atoms with Crippen molar-refractivity contribution in [1.29, 1.82) is 0 Å². The Kier molecular flexibility index (Phi) is 9.73. The summed E-state index contributed by atoms with van der Waals surface area (Å²) in [7, 11) is 0. The van der Waals surface area contributed by atoms with E-state index in [1.807, 2.05) is 17.0 Å². The Hall–Kier alpha value is -2.63. The van der Waals surface area contributed by atoms with Gasteiger partial charge in [-0.25, -0.2) is 4.98 Å². The number of rotatable bonds is 9. The number of nitrogens with zero attached hydrogens (tertiary/aromatic N) is 4. The van der Waals surface area contributed by atoms with Crippen LogP contribution < -0.4 is 16.8 Å². The second kappa shape index (κ2) is 12.7. The maximum Gasteiger partial charge on any atom is 0.253 e. The van der Waals surface area contributed by atoms with Crippen LogP contribution in [0.1, 0.15) is 16.2 Å². The lowest BCUT2D eigenvalue weighted by Gasteiger charge is -2.27. The van der Waals surface area contributed by atoms with Crippen LogP contribution in [-0.2, 0) is 4.74 Å². The molecule has 34 heavy (non-hydrogen) atoms. The Morgan fingerprint density at radius 3 is 2.56 bits per heavy atom. The third-order valence-electron chi connectivity index (χ3n) is 4.73. The van der Waals surface area contributed by atoms with Crippen molar-refractivity contribution in [3.63, 3.8) is 0 Å². The van der Waals surface area contributed by atoms with Gasteiger partial charge in [-0.1, -0.05) is 18.2 Å². The second-order valence-electron chi connectivity index (χ2n) is 6.99. The average Bonchev–Trinajstić information content (AvgIpc) is 2.86. The number of amides is 1. The molecule has 2 aromatic rings. The Morgan fingerprint density at radius 1 is 1.24 bits per heavy atom. The first-order valence-electron chi connectivity index (χ1n) is 10.4. The van der Waals surface area contributed by atoms with Gasteiger partial charge in [-0.05, 0) is 48.2 Å². The van der Waals surface area contributed by atoms with Crippen molar-refractivity contribution >= 4 is 52.4 Å². The normalized spacial score (nSPS) is 15.0. The molecule has 9 nitrogen and oxygen atoms in total. The van der Waals surface area contributed by atoms with Crippen LogP contribution in [0.3, 0.4) is 0 Å². The van der Waals surface area contributed by atoms with Gasteiger partial charge in [0.25, 0.3) is 5.91 Å². The molecule has 5 N–H and O–H groups in total. The number of nitrogens with two attached hydrogens (primary N) is 2. The molecule has 1 aliphatic rings. The van der Waals surface area contributed by atoms with E-state index in [9.17, 15) is 4.79 Å². The molecular formula is C22H25Cl2N7O2S. The Morgan fingerprint density at radius 2 is 1.94 bits per heavy atom. The van der Waals surface area contributed by atoms with Crippen molar-refractivity contribution in [2.45, 2.75) is 10.1 Å². The van der Waals surface area contributed by atoms with Gasteiger partial charge in [0, 0.05) is 42.2 Å². The van der Waals surface area contributed by atoms with Gasteiger partial charge in [0.1, 0.15) is 12.5 Å². The summed E-state index contributed by atoms with van der Waals surface area (Å²) < 4.78 is 5.31. The molecule has 2 heterocycles. The minimum absolute atomic E-state index is 0.0140. The molecule has 0 bridgehead atoms. The minimum atomic E-state index is -0.0505. The number of carbonyl (C=O) groups is 1. The van der Waals surface area contributed by atoms with Gasteiger partial charge in [0.05, 0.1) is 10.9 Å². The van der Waals surface area contributed by atoms with Crippen molar-refractivity contribution in [2.24, 2.45) is 5.73 Å². The van der Waals surface area contributed by atoms with Crippen molar-refractivity contribution < 1.29 is 9.53 Å². The summed E-state index contributed by atoms with van der Waals surface area (Å²) >= 11 is 13.5. The first kappa shape index (κ1) is 26.0. The van der Waals surface area contributed by atoms with E-state index in [2.05, 4.69) is 26.8 Å². The smallest absolute Gasteiger partial charge is 0.253 e. The first-order chi connectivity index (χ1) is 16.4. The molecule has 180 valence electrons. The number of hydrogen-bond acceptors (Lipinski definition) is 9. The van der Waals surface area contributed by atoms with Crippen molar-refractivity contribution in [2.75, 3.05) is 44.5 Å². The topological polar surface area (TPSA) is 132 Å². The number of benzene rings is 1. The van der Waals surface area contributed by atoms with Crippen LogP contribution in [0.15, 0.2) is 63.8 Å². The van der Waals surface area contributed by atoms with E-state index in [4.69, 9.17) is 39.4 Å². The summed E-state index contributed by atoms with van der Waals surface area (Å²) in [5.41, 5.74) is 12.4. The van der Waals surface area contributed by atoms with Crippen LogP contribution in [0.4, 0.5) is 5.95 Å². The number of ether oxygens (including phenoxy) is 1. The maximum absolute atomic E-state index is 12.7. The maximum atomic E-state index is 12.7. The van der Waals surface area contributed by atoms with E-state index in [-0.39, 0.29) is 35.3 Å². The van der Waals surface area contributed by atoms with Gasteiger partial charge in [0.2, 0.25) is 5.95 Å². The monoisotopic (exact) mass is 521 g/mol. The zero-order valence-electron chi connectivity index (χ0n) is 18.3. The number of piperazine rings is 1. The van der Waals surface area contributed by atoms with Crippen molar-refractivity contribution in [3.8, 4) is 0 Å². The van der Waals surface area contributed by atoms with Crippen LogP contribution in [0.2, 0.25) is 0 Å². The van der Waals surface area contributed by atoms with E-state index in [1.54, 1.807) is 18.2 Å².